The molecule has 4 rings (SSSR count). The standard InChI is InChI=1S/C19H15N5O3/c25-17-9-7-14-15(20-11-21-18(14)23-17)8-6-13-10-16(24-27-13)19(26)22-12-4-2-1-3-5-12/h1-5,7,9-11H,6,8H2,(H,22,26)(H,20,21,23,25). The first-order valence-corrected chi connectivity index (χ1v) is 8.34. The molecule has 27 heavy (non-hydrogen) atoms. The number of carbonyl (C=O) groups excluding carboxylic acids is 1. The van der Waals surface area contributed by atoms with Gasteiger partial charge in [0.05, 0.1) is 5.69 Å². The van der Waals surface area contributed by atoms with Crippen LogP contribution in [0.3, 0.4) is 0 Å². The van der Waals surface area contributed by atoms with E-state index in [4.69, 9.17) is 4.52 Å². The van der Waals surface area contributed by atoms with Gasteiger partial charge in [-0.05, 0) is 24.6 Å². The minimum Gasteiger partial charge on any atom is -0.361 e. The number of aryl methyl sites for hydroxylation is 2. The molecule has 0 aliphatic rings. The number of anilines is 1. The number of H-pyrrole nitrogens is 1. The lowest BCUT2D eigenvalue weighted by Crippen LogP contribution is -2.11. The van der Waals surface area contributed by atoms with Gasteiger partial charge < -0.3 is 14.8 Å². The molecule has 3 aromatic heterocycles. The van der Waals surface area contributed by atoms with Crippen molar-refractivity contribution in [1.29, 1.82) is 0 Å². The van der Waals surface area contributed by atoms with E-state index in [0.29, 0.717) is 29.9 Å². The van der Waals surface area contributed by atoms with E-state index in [-0.39, 0.29) is 17.2 Å². The van der Waals surface area contributed by atoms with Crippen LogP contribution in [0.4, 0.5) is 5.69 Å². The zero-order chi connectivity index (χ0) is 18.6. The maximum Gasteiger partial charge on any atom is 0.277 e. The van der Waals surface area contributed by atoms with Crippen molar-refractivity contribution in [3.63, 3.8) is 0 Å². The lowest BCUT2D eigenvalue weighted by molar-refractivity contribution is 0.101. The predicted octanol–water partition coefficient (Wildman–Crippen LogP) is 2.34. The highest BCUT2D eigenvalue weighted by Gasteiger charge is 2.13. The fourth-order valence-corrected chi connectivity index (χ4v) is 2.72. The monoisotopic (exact) mass is 361 g/mol. The summed E-state index contributed by atoms with van der Waals surface area (Å²) in [4.78, 5) is 34.6. The van der Waals surface area contributed by atoms with Gasteiger partial charge in [-0.15, -0.1) is 0 Å². The van der Waals surface area contributed by atoms with Crippen molar-refractivity contribution in [2.24, 2.45) is 0 Å². The van der Waals surface area contributed by atoms with Crippen LogP contribution in [0.25, 0.3) is 11.0 Å². The minimum atomic E-state index is -0.332. The topological polar surface area (TPSA) is 114 Å². The van der Waals surface area contributed by atoms with Crippen LogP contribution in [0.15, 0.2) is 64.2 Å². The van der Waals surface area contributed by atoms with Crippen LogP contribution in [-0.4, -0.2) is 26.0 Å². The van der Waals surface area contributed by atoms with Crippen LogP contribution in [0.1, 0.15) is 21.9 Å². The normalized spacial score (nSPS) is 10.8. The Bertz CT molecular complexity index is 1150. The number of carbonyl (C=O) groups is 1. The van der Waals surface area contributed by atoms with Crippen LogP contribution in [0.5, 0.6) is 0 Å². The zero-order valence-corrected chi connectivity index (χ0v) is 14.2. The molecule has 0 aliphatic carbocycles. The molecule has 0 aliphatic heterocycles. The van der Waals surface area contributed by atoms with Gasteiger partial charge in [-0.2, -0.15) is 0 Å². The van der Waals surface area contributed by atoms with Crippen molar-refractivity contribution < 1.29 is 9.32 Å². The summed E-state index contributed by atoms with van der Waals surface area (Å²) < 4.78 is 5.26. The molecule has 0 radical (unpaired) electrons. The number of amides is 1. The first-order chi connectivity index (χ1) is 13.2. The van der Waals surface area contributed by atoms with E-state index in [9.17, 15) is 9.59 Å². The maximum atomic E-state index is 12.2. The summed E-state index contributed by atoms with van der Waals surface area (Å²) in [5, 5.41) is 7.37. The Hall–Kier alpha value is -3.81. The molecule has 0 saturated carbocycles. The van der Waals surface area contributed by atoms with Gasteiger partial charge in [-0.3, -0.25) is 9.59 Å². The molecule has 1 amide bonds. The van der Waals surface area contributed by atoms with E-state index in [1.54, 1.807) is 24.3 Å². The molecule has 0 unspecified atom stereocenters. The van der Waals surface area contributed by atoms with Crippen molar-refractivity contribution in [3.8, 4) is 0 Å². The number of nitrogens with zero attached hydrogens (tertiary/aromatic N) is 3. The molecule has 2 N–H and O–H groups in total. The van der Waals surface area contributed by atoms with Gasteiger partial charge in [0.1, 0.15) is 17.7 Å². The summed E-state index contributed by atoms with van der Waals surface area (Å²) in [6.07, 6.45) is 2.48. The van der Waals surface area contributed by atoms with E-state index in [2.05, 4.69) is 25.4 Å². The quantitative estimate of drug-likeness (QED) is 0.564. The average molecular weight is 361 g/mol. The number of fused-ring (bicyclic) bond motifs is 1. The van der Waals surface area contributed by atoms with Crippen LogP contribution in [0, 0.1) is 0 Å². The molecule has 8 heteroatoms. The number of benzene rings is 1. The third kappa shape index (κ3) is 3.74. The lowest BCUT2D eigenvalue weighted by Gasteiger charge is -2.02. The van der Waals surface area contributed by atoms with E-state index in [1.807, 2.05) is 18.2 Å². The second-order valence-corrected chi connectivity index (χ2v) is 5.90. The molecule has 0 saturated heterocycles. The summed E-state index contributed by atoms with van der Waals surface area (Å²) in [7, 11) is 0. The van der Waals surface area contributed by atoms with E-state index in [1.165, 1.54) is 12.4 Å². The van der Waals surface area contributed by atoms with Gasteiger partial charge in [0.25, 0.3) is 5.91 Å². The second kappa shape index (κ2) is 7.20. The van der Waals surface area contributed by atoms with Gasteiger partial charge in [0.2, 0.25) is 5.56 Å². The molecule has 0 atom stereocenters. The third-order valence-corrected chi connectivity index (χ3v) is 4.04. The Morgan fingerprint density at radius 1 is 1.07 bits per heavy atom. The summed E-state index contributed by atoms with van der Waals surface area (Å²) in [5.74, 6) is 0.241. The summed E-state index contributed by atoms with van der Waals surface area (Å²) in [6, 6.07) is 13.9. The molecule has 3 heterocycles. The molecule has 4 aromatic rings. The van der Waals surface area contributed by atoms with Crippen LogP contribution >= 0.6 is 0 Å². The van der Waals surface area contributed by atoms with E-state index < -0.39 is 0 Å². The predicted molar refractivity (Wildman–Crippen MR) is 98.5 cm³/mol. The largest absolute Gasteiger partial charge is 0.361 e. The van der Waals surface area contributed by atoms with Gasteiger partial charge >= 0.3 is 0 Å². The summed E-state index contributed by atoms with van der Waals surface area (Å²) in [6.45, 7) is 0. The molecule has 0 fully saturated rings. The number of hydrogen-bond acceptors (Lipinski definition) is 6. The lowest BCUT2D eigenvalue weighted by atomic mass is 10.1. The van der Waals surface area contributed by atoms with Crippen LogP contribution in [0.2, 0.25) is 0 Å². The number of pyridine rings is 1. The van der Waals surface area contributed by atoms with Crippen molar-refractivity contribution in [3.05, 3.63) is 82.4 Å². The molecule has 134 valence electrons. The second-order valence-electron chi connectivity index (χ2n) is 5.90. The highest BCUT2D eigenvalue weighted by Crippen LogP contribution is 2.15. The number of hydrogen-bond donors (Lipinski definition) is 2. The average Bonchev–Trinajstić information content (AvgIpc) is 3.16. The van der Waals surface area contributed by atoms with Crippen LogP contribution in [-0.2, 0) is 12.8 Å². The third-order valence-electron chi connectivity index (χ3n) is 4.04. The minimum absolute atomic E-state index is 0.212. The number of aromatic nitrogens is 4. The van der Waals surface area contributed by atoms with Gasteiger partial charge in [-0.25, -0.2) is 9.97 Å². The van der Waals surface area contributed by atoms with Crippen molar-refractivity contribution in [2.45, 2.75) is 12.8 Å². The van der Waals surface area contributed by atoms with Crippen LogP contribution < -0.4 is 10.9 Å². The Kier molecular flexibility index (Phi) is 4.44. The Morgan fingerprint density at radius 2 is 1.93 bits per heavy atom. The highest BCUT2D eigenvalue weighted by atomic mass is 16.5. The number of rotatable bonds is 5. The molecule has 1 aromatic carbocycles. The Balaban J connectivity index is 1.46. The van der Waals surface area contributed by atoms with Crippen molar-refractivity contribution >= 4 is 22.6 Å². The van der Waals surface area contributed by atoms with Gasteiger partial charge in [0, 0.05) is 29.6 Å². The number of para-hydroxylation sites is 1. The first-order valence-electron chi connectivity index (χ1n) is 8.34. The number of nitrogens with one attached hydrogen (secondary N) is 2. The Labute approximate surface area is 153 Å². The number of aromatic amines is 1. The Morgan fingerprint density at radius 3 is 2.78 bits per heavy atom. The SMILES string of the molecule is O=C(Nc1ccccc1)c1cc(CCc2ncnc3[nH]c(=O)ccc23)on1. The van der Waals surface area contributed by atoms with E-state index in [0.717, 1.165) is 11.1 Å². The van der Waals surface area contributed by atoms with Gasteiger partial charge in [0.15, 0.2) is 5.69 Å². The molecule has 8 nitrogen and oxygen atoms in total. The fourth-order valence-electron chi connectivity index (χ4n) is 2.72. The van der Waals surface area contributed by atoms with E-state index >= 15 is 0 Å². The van der Waals surface area contributed by atoms with Gasteiger partial charge in [-0.1, -0.05) is 23.4 Å². The first kappa shape index (κ1) is 16.6. The maximum absolute atomic E-state index is 12.2. The highest BCUT2D eigenvalue weighted by molar-refractivity contribution is 6.02. The zero-order valence-electron chi connectivity index (χ0n) is 14.2. The molecule has 0 bridgehead atoms. The molecule has 0 spiro atoms. The van der Waals surface area contributed by atoms with Crippen molar-refractivity contribution in [1.82, 2.24) is 20.1 Å². The summed E-state index contributed by atoms with van der Waals surface area (Å²) in [5.41, 5.74) is 1.96. The molecular weight excluding hydrogens is 346 g/mol. The fraction of sp³-hybridized carbons (Fsp3) is 0.105. The summed E-state index contributed by atoms with van der Waals surface area (Å²) >= 11 is 0. The molecular formula is C19H15N5O3. The smallest absolute Gasteiger partial charge is 0.277 e. The van der Waals surface area contributed by atoms with Crippen molar-refractivity contribution in [2.75, 3.05) is 5.32 Å².